The summed E-state index contributed by atoms with van der Waals surface area (Å²) in [7, 11) is 0. The van der Waals surface area contributed by atoms with Gasteiger partial charge in [0.25, 0.3) is 0 Å². The highest BCUT2D eigenvalue weighted by Gasteiger charge is 2.20. The average Bonchev–Trinajstić information content (AvgIpc) is 1.95. The fraction of sp³-hybridized carbons (Fsp3) is 0.429. The van der Waals surface area contributed by atoms with Crippen LogP contribution in [-0.2, 0) is 9.59 Å². The van der Waals surface area contributed by atoms with E-state index in [-0.39, 0.29) is 6.42 Å². The normalized spacial score (nSPS) is 25.9. The Bertz CT molecular complexity index is 196. The molecule has 1 aliphatic carbocycles. The van der Waals surface area contributed by atoms with Gasteiger partial charge < -0.3 is 0 Å². The summed E-state index contributed by atoms with van der Waals surface area (Å²) in [5, 5.41) is 0. The minimum atomic E-state index is -1.39. The lowest BCUT2D eigenvalue weighted by Gasteiger charge is -2.09. The fourth-order valence-electron chi connectivity index (χ4n) is 0.874. The molecular formula is C7H7FO2. The number of aldehydes is 1. The van der Waals surface area contributed by atoms with Crippen molar-refractivity contribution in [3.8, 4) is 0 Å². The molecule has 0 aromatic carbocycles. The van der Waals surface area contributed by atoms with Gasteiger partial charge in [0.15, 0.2) is 12.0 Å². The molecule has 54 valence electrons. The number of carbonyl (C=O) groups is 2. The maximum Gasteiger partial charge on any atom is 0.190 e. The molecule has 0 aromatic rings. The lowest BCUT2D eigenvalue weighted by Crippen LogP contribution is -2.18. The van der Waals surface area contributed by atoms with Crippen LogP contribution in [0.3, 0.4) is 0 Å². The summed E-state index contributed by atoms with van der Waals surface area (Å²) in [4.78, 5) is 20.6. The van der Waals surface area contributed by atoms with Gasteiger partial charge in [0.2, 0.25) is 0 Å². The number of hydrogen-bond donors (Lipinski definition) is 0. The fourth-order valence-corrected chi connectivity index (χ4v) is 0.874. The second-order valence-corrected chi connectivity index (χ2v) is 2.25. The first kappa shape index (κ1) is 7.12. The molecule has 0 heterocycles. The van der Waals surface area contributed by atoms with Gasteiger partial charge in [-0.2, -0.15) is 0 Å². The van der Waals surface area contributed by atoms with E-state index in [4.69, 9.17) is 0 Å². The third-order valence-corrected chi connectivity index (χ3v) is 1.47. The molecule has 0 aromatic heterocycles. The molecule has 3 heteroatoms. The molecule has 0 aliphatic heterocycles. The molecule has 1 atom stereocenters. The van der Waals surface area contributed by atoms with Gasteiger partial charge in [0.1, 0.15) is 6.29 Å². The highest BCUT2D eigenvalue weighted by molar-refractivity contribution is 5.99. The largest absolute Gasteiger partial charge is 0.298 e. The van der Waals surface area contributed by atoms with Crippen LogP contribution in [0.15, 0.2) is 11.6 Å². The van der Waals surface area contributed by atoms with Crippen LogP contribution in [0.25, 0.3) is 0 Å². The van der Waals surface area contributed by atoms with Crippen molar-refractivity contribution in [3.63, 3.8) is 0 Å². The van der Waals surface area contributed by atoms with E-state index in [1.807, 2.05) is 0 Å². The predicted molar refractivity (Wildman–Crippen MR) is 33.3 cm³/mol. The molecule has 0 radical (unpaired) electrons. The molecular weight excluding hydrogens is 135 g/mol. The third kappa shape index (κ3) is 1.29. The number of halogens is 1. The highest BCUT2D eigenvalue weighted by atomic mass is 19.1. The van der Waals surface area contributed by atoms with Crippen molar-refractivity contribution in [1.82, 2.24) is 0 Å². The zero-order valence-corrected chi connectivity index (χ0v) is 5.34. The van der Waals surface area contributed by atoms with Crippen molar-refractivity contribution < 1.29 is 14.0 Å². The molecule has 0 fully saturated rings. The summed E-state index contributed by atoms with van der Waals surface area (Å²) < 4.78 is 12.4. The number of allylic oxidation sites excluding steroid dienone is 2. The van der Waals surface area contributed by atoms with Crippen LogP contribution in [0.1, 0.15) is 12.8 Å². The van der Waals surface area contributed by atoms with Gasteiger partial charge in [0.05, 0.1) is 0 Å². The van der Waals surface area contributed by atoms with Crippen molar-refractivity contribution >= 4 is 12.1 Å². The average molecular weight is 142 g/mol. The van der Waals surface area contributed by atoms with Gasteiger partial charge in [-0.25, -0.2) is 4.39 Å². The van der Waals surface area contributed by atoms with Crippen LogP contribution in [0.5, 0.6) is 0 Å². The summed E-state index contributed by atoms with van der Waals surface area (Å²) in [6.45, 7) is 0. The first-order valence-corrected chi connectivity index (χ1v) is 3.07. The number of alkyl halides is 1. The van der Waals surface area contributed by atoms with Crippen LogP contribution in [0, 0.1) is 0 Å². The Labute approximate surface area is 57.7 Å². The van der Waals surface area contributed by atoms with E-state index >= 15 is 0 Å². The van der Waals surface area contributed by atoms with Crippen molar-refractivity contribution in [1.29, 1.82) is 0 Å². The number of carbonyl (C=O) groups excluding carboxylic acids is 2. The highest BCUT2D eigenvalue weighted by Crippen LogP contribution is 2.15. The van der Waals surface area contributed by atoms with Gasteiger partial charge in [-0.3, -0.25) is 9.59 Å². The molecule has 1 unspecified atom stereocenters. The Balaban J connectivity index is 2.75. The topological polar surface area (TPSA) is 34.1 Å². The molecule has 10 heavy (non-hydrogen) atoms. The summed E-state index contributed by atoms with van der Waals surface area (Å²) in [6, 6.07) is 0. The summed E-state index contributed by atoms with van der Waals surface area (Å²) in [5.41, 5.74) is 0.402. The van der Waals surface area contributed by atoms with Crippen LogP contribution < -0.4 is 0 Å². The number of hydrogen-bond acceptors (Lipinski definition) is 2. The van der Waals surface area contributed by atoms with E-state index in [1.54, 1.807) is 0 Å². The van der Waals surface area contributed by atoms with Gasteiger partial charge in [-0.15, -0.1) is 0 Å². The minimum absolute atomic E-state index is 0.156. The van der Waals surface area contributed by atoms with Crippen molar-refractivity contribution in [3.05, 3.63) is 11.6 Å². The minimum Gasteiger partial charge on any atom is -0.298 e. The quantitative estimate of drug-likeness (QED) is 0.508. The summed E-state index contributed by atoms with van der Waals surface area (Å²) >= 11 is 0. The van der Waals surface area contributed by atoms with Gasteiger partial charge in [0, 0.05) is 0 Å². The Morgan fingerprint density at radius 3 is 2.90 bits per heavy atom. The maximum atomic E-state index is 12.4. The van der Waals surface area contributed by atoms with Gasteiger partial charge in [-0.05, 0) is 24.5 Å². The Morgan fingerprint density at radius 2 is 2.40 bits per heavy atom. The van der Waals surface area contributed by atoms with Crippen LogP contribution >= 0.6 is 0 Å². The van der Waals surface area contributed by atoms with Crippen LogP contribution in [0.2, 0.25) is 0 Å². The van der Waals surface area contributed by atoms with Crippen molar-refractivity contribution in [2.24, 2.45) is 0 Å². The zero-order valence-electron chi connectivity index (χ0n) is 5.34. The SMILES string of the molecule is O=CC1=CC(=O)C(F)CC1. The van der Waals surface area contributed by atoms with E-state index in [0.29, 0.717) is 18.3 Å². The summed E-state index contributed by atoms with van der Waals surface area (Å²) in [6.07, 6.45) is 0.841. The first-order valence-electron chi connectivity index (χ1n) is 3.07. The van der Waals surface area contributed by atoms with E-state index < -0.39 is 12.0 Å². The second-order valence-electron chi connectivity index (χ2n) is 2.25. The van der Waals surface area contributed by atoms with E-state index in [1.165, 1.54) is 0 Å². The van der Waals surface area contributed by atoms with Crippen molar-refractivity contribution in [2.45, 2.75) is 19.0 Å². The van der Waals surface area contributed by atoms with Gasteiger partial charge >= 0.3 is 0 Å². The predicted octanol–water partition coefficient (Wildman–Crippen LogP) is 0.813. The molecule has 0 spiro atoms. The standard InChI is InChI=1S/C7H7FO2/c8-6-2-1-5(4-9)3-7(6)10/h3-4,6H,1-2H2. The lowest BCUT2D eigenvalue weighted by atomic mass is 9.98. The molecule has 1 aliphatic rings. The van der Waals surface area contributed by atoms with Crippen molar-refractivity contribution in [2.75, 3.05) is 0 Å². The van der Waals surface area contributed by atoms with E-state index in [9.17, 15) is 14.0 Å². The first-order chi connectivity index (χ1) is 4.74. The molecule has 1 rings (SSSR count). The molecule has 0 N–H and O–H groups in total. The maximum absolute atomic E-state index is 12.4. The van der Waals surface area contributed by atoms with E-state index in [0.717, 1.165) is 6.08 Å². The Morgan fingerprint density at radius 1 is 1.70 bits per heavy atom. The number of rotatable bonds is 1. The number of ketones is 1. The summed E-state index contributed by atoms with van der Waals surface area (Å²) in [5.74, 6) is -0.576. The Hall–Kier alpha value is -0.990. The molecule has 0 saturated heterocycles. The van der Waals surface area contributed by atoms with Gasteiger partial charge in [-0.1, -0.05) is 0 Å². The molecule has 0 saturated carbocycles. The van der Waals surface area contributed by atoms with Crippen LogP contribution in [0.4, 0.5) is 4.39 Å². The third-order valence-electron chi connectivity index (χ3n) is 1.47. The molecule has 0 amide bonds. The second kappa shape index (κ2) is 2.73. The monoisotopic (exact) mass is 142 g/mol. The Kier molecular flexibility index (Phi) is 1.94. The molecule has 2 nitrogen and oxygen atoms in total. The molecule has 0 bridgehead atoms. The van der Waals surface area contributed by atoms with Crippen LogP contribution in [-0.4, -0.2) is 18.2 Å². The zero-order chi connectivity index (χ0) is 7.56. The van der Waals surface area contributed by atoms with E-state index in [2.05, 4.69) is 0 Å². The smallest absolute Gasteiger partial charge is 0.190 e. The lowest BCUT2D eigenvalue weighted by molar-refractivity contribution is -0.120.